The summed E-state index contributed by atoms with van der Waals surface area (Å²) in [6, 6.07) is 11.3. The number of pyridine rings is 1. The Morgan fingerprint density at radius 2 is 2.07 bits per heavy atom. The number of ether oxygens (including phenoxy) is 2. The third-order valence-corrected chi connectivity index (χ3v) is 4.61. The first-order chi connectivity index (χ1) is 13.1. The summed E-state index contributed by atoms with van der Waals surface area (Å²) in [5.41, 5.74) is 2.61. The number of amides is 1. The van der Waals surface area contributed by atoms with Crippen LogP contribution in [-0.2, 0) is 16.0 Å². The molecule has 2 atom stereocenters. The van der Waals surface area contributed by atoms with E-state index in [0.29, 0.717) is 6.61 Å². The molecule has 1 aromatic carbocycles. The van der Waals surface area contributed by atoms with Gasteiger partial charge in [0.1, 0.15) is 5.56 Å². The van der Waals surface area contributed by atoms with Crippen molar-refractivity contribution >= 4 is 11.9 Å². The maximum absolute atomic E-state index is 12.6. The Kier molecular flexibility index (Phi) is 6.06. The molecule has 1 aromatic heterocycles. The summed E-state index contributed by atoms with van der Waals surface area (Å²) in [6.07, 6.45) is 3.54. The maximum atomic E-state index is 12.6. The molecule has 0 saturated carbocycles. The van der Waals surface area contributed by atoms with E-state index >= 15 is 0 Å². The molecule has 27 heavy (non-hydrogen) atoms. The quantitative estimate of drug-likeness (QED) is 0.792. The molecule has 0 aliphatic heterocycles. The van der Waals surface area contributed by atoms with Gasteiger partial charge in [-0.2, -0.15) is 0 Å². The summed E-state index contributed by atoms with van der Waals surface area (Å²) in [5, 5.41) is 3.01. The van der Waals surface area contributed by atoms with Crippen molar-refractivity contribution in [3.63, 3.8) is 0 Å². The standard InChI is InChI=1S/C21H24N2O4/c1-3-26-20-17(11-7-13-22-20)21(25)27-14(2)19(24)23-18-12-6-9-15-8-4-5-10-16(15)18/h4-5,7-8,10-11,13-14,18H,3,6,9,12H2,1-2H3,(H,23,24)/t14-,18-/m0/s1. The second-order valence-corrected chi connectivity index (χ2v) is 6.49. The highest BCUT2D eigenvalue weighted by molar-refractivity contribution is 5.94. The van der Waals surface area contributed by atoms with Crippen LogP contribution in [0.5, 0.6) is 5.88 Å². The Morgan fingerprint density at radius 3 is 2.89 bits per heavy atom. The molecule has 0 fully saturated rings. The van der Waals surface area contributed by atoms with Crippen LogP contribution in [0.3, 0.4) is 0 Å². The van der Waals surface area contributed by atoms with E-state index in [2.05, 4.69) is 16.4 Å². The fraction of sp³-hybridized carbons (Fsp3) is 0.381. The van der Waals surface area contributed by atoms with Crippen molar-refractivity contribution in [1.82, 2.24) is 10.3 Å². The number of aryl methyl sites for hydroxylation is 1. The molecule has 1 heterocycles. The summed E-state index contributed by atoms with van der Waals surface area (Å²) in [6.45, 7) is 3.76. The number of esters is 1. The first kappa shape index (κ1) is 18.9. The third-order valence-electron chi connectivity index (χ3n) is 4.61. The van der Waals surface area contributed by atoms with Crippen LogP contribution in [0.2, 0.25) is 0 Å². The third kappa shape index (κ3) is 4.45. The van der Waals surface area contributed by atoms with Crippen LogP contribution in [0.15, 0.2) is 42.6 Å². The maximum Gasteiger partial charge on any atom is 0.344 e. The van der Waals surface area contributed by atoms with Gasteiger partial charge in [-0.05, 0) is 56.4 Å². The van der Waals surface area contributed by atoms with E-state index in [1.165, 1.54) is 5.56 Å². The largest absolute Gasteiger partial charge is 0.477 e. The second kappa shape index (κ2) is 8.66. The molecule has 6 nitrogen and oxygen atoms in total. The van der Waals surface area contributed by atoms with Crippen molar-refractivity contribution in [3.8, 4) is 5.88 Å². The zero-order valence-corrected chi connectivity index (χ0v) is 15.6. The van der Waals surface area contributed by atoms with Crippen molar-refractivity contribution in [2.45, 2.75) is 45.3 Å². The fourth-order valence-electron chi connectivity index (χ4n) is 3.27. The molecule has 3 rings (SSSR count). The molecule has 142 valence electrons. The first-order valence-electron chi connectivity index (χ1n) is 9.27. The average molecular weight is 368 g/mol. The summed E-state index contributed by atoms with van der Waals surface area (Å²) >= 11 is 0. The molecule has 2 aromatic rings. The zero-order valence-electron chi connectivity index (χ0n) is 15.6. The topological polar surface area (TPSA) is 77.5 Å². The van der Waals surface area contributed by atoms with E-state index in [-0.39, 0.29) is 23.4 Å². The minimum atomic E-state index is -0.915. The number of carbonyl (C=O) groups is 2. The smallest absolute Gasteiger partial charge is 0.344 e. The van der Waals surface area contributed by atoms with Crippen molar-refractivity contribution in [1.29, 1.82) is 0 Å². The molecule has 1 aliphatic carbocycles. The molecule has 1 aliphatic rings. The number of aromatic nitrogens is 1. The molecular formula is C21H24N2O4. The molecule has 0 spiro atoms. The lowest BCUT2D eigenvalue weighted by atomic mass is 9.87. The highest BCUT2D eigenvalue weighted by Crippen LogP contribution is 2.29. The first-order valence-corrected chi connectivity index (χ1v) is 9.27. The van der Waals surface area contributed by atoms with Gasteiger partial charge in [0, 0.05) is 6.20 Å². The predicted molar refractivity (Wildman–Crippen MR) is 101 cm³/mol. The van der Waals surface area contributed by atoms with Gasteiger partial charge < -0.3 is 14.8 Å². The summed E-state index contributed by atoms with van der Waals surface area (Å²) < 4.78 is 10.7. The number of hydrogen-bond acceptors (Lipinski definition) is 5. The summed E-state index contributed by atoms with van der Waals surface area (Å²) in [5.74, 6) is -0.732. The van der Waals surface area contributed by atoms with E-state index < -0.39 is 12.1 Å². The van der Waals surface area contributed by atoms with Gasteiger partial charge in [-0.25, -0.2) is 9.78 Å². The summed E-state index contributed by atoms with van der Waals surface area (Å²) in [7, 11) is 0. The molecule has 1 N–H and O–H groups in total. The van der Waals surface area contributed by atoms with E-state index in [1.807, 2.05) is 25.1 Å². The van der Waals surface area contributed by atoms with Gasteiger partial charge in [0.2, 0.25) is 5.88 Å². The van der Waals surface area contributed by atoms with Crippen molar-refractivity contribution < 1.29 is 19.1 Å². The lowest BCUT2D eigenvalue weighted by Crippen LogP contribution is -2.39. The van der Waals surface area contributed by atoms with Crippen molar-refractivity contribution in [2.75, 3.05) is 6.61 Å². The number of fused-ring (bicyclic) bond motifs is 1. The molecule has 0 unspecified atom stereocenters. The Bertz CT molecular complexity index is 821. The van der Waals surface area contributed by atoms with Gasteiger partial charge in [0.25, 0.3) is 5.91 Å². The summed E-state index contributed by atoms with van der Waals surface area (Å²) in [4.78, 5) is 29.0. The number of carbonyl (C=O) groups excluding carboxylic acids is 2. The van der Waals surface area contributed by atoms with Gasteiger partial charge in [-0.1, -0.05) is 24.3 Å². The fourth-order valence-corrected chi connectivity index (χ4v) is 3.27. The second-order valence-electron chi connectivity index (χ2n) is 6.49. The number of nitrogens with one attached hydrogen (secondary N) is 1. The Balaban J connectivity index is 1.64. The predicted octanol–water partition coefficient (Wildman–Crippen LogP) is 3.22. The number of nitrogens with zero attached hydrogens (tertiary/aromatic N) is 1. The van der Waals surface area contributed by atoms with Gasteiger partial charge in [0.05, 0.1) is 12.6 Å². The molecule has 1 amide bonds. The van der Waals surface area contributed by atoms with Gasteiger partial charge in [-0.3, -0.25) is 4.79 Å². The minimum Gasteiger partial charge on any atom is -0.477 e. The van der Waals surface area contributed by atoms with Gasteiger partial charge in [-0.15, -0.1) is 0 Å². The number of hydrogen-bond donors (Lipinski definition) is 1. The minimum absolute atomic E-state index is 0.0546. The monoisotopic (exact) mass is 368 g/mol. The van der Waals surface area contributed by atoms with Crippen molar-refractivity contribution in [3.05, 3.63) is 59.3 Å². The van der Waals surface area contributed by atoms with Crippen LogP contribution >= 0.6 is 0 Å². The average Bonchev–Trinajstić information content (AvgIpc) is 2.69. The Morgan fingerprint density at radius 1 is 1.26 bits per heavy atom. The highest BCUT2D eigenvalue weighted by atomic mass is 16.5. The molecule has 0 saturated heterocycles. The van der Waals surface area contributed by atoms with Gasteiger partial charge in [0.15, 0.2) is 6.10 Å². The number of rotatable bonds is 6. The van der Waals surface area contributed by atoms with Crippen LogP contribution in [0.4, 0.5) is 0 Å². The Hall–Kier alpha value is -2.89. The number of benzene rings is 1. The molecular weight excluding hydrogens is 344 g/mol. The van der Waals surface area contributed by atoms with Crippen LogP contribution < -0.4 is 10.1 Å². The van der Waals surface area contributed by atoms with E-state index in [0.717, 1.165) is 24.8 Å². The van der Waals surface area contributed by atoms with Crippen molar-refractivity contribution in [2.24, 2.45) is 0 Å². The molecule has 0 radical (unpaired) electrons. The molecule has 6 heteroatoms. The van der Waals surface area contributed by atoms with Crippen LogP contribution in [0, 0.1) is 0 Å². The normalized spacial score (nSPS) is 16.7. The van der Waals surface area contributed by atoms with Crippen LogP contribution in [0.25, 0.3) is 0 Å². The molecule has 0 bridgehead atoms. The van der Waals surface area contributed by atoms with E-state index in [1.54, 1.807) is 25.3 Å². The lowest BCUT2D eigenvalue weighted by Gasteiger charge is -2.27. The SMILES string of the molecule is CCOc1ncccc1C(=O)O[C@@H](C)C(=O)N[C@H]1CCCc2ccccc21. The lowest BCUT2D eigenvalue weighted by molar-refractivity contribution is -0.130. The van der Waals surface area contributed by atoms with Gasteiger partial charge >= 0.3 is 5.97 Å². The zero-order chi connectivity index (χ0) is 19.2. The van der Waals surface area contributed by atoms with Crippen LogP contribution in [-0.4, -0.2) is 29.6 Å². The highest BCUT2D eigenvalue weighted by Gasteiger charge is 2.26. The van der Waals surface area contributed by atoms with Crippen LogP contribution in [0.1, 0.15) is 54.2 Å². The van der Waals surface area contributed by atoms with E-state index in [9.17, 15) is 9.59 Å². The van der Waals surface area contributed by atoms with E-state index in [4.69, 9.17) is 9.47 Å². The Labute approximate surface area is 158 Å².